The molecule has 208 valence electrons. The van der Waals surface area contributed by atoms with Crippen LogP contribution in [0.5, 0.6) is 0 Å². The molecule has 0 spiro atoms. The Morgan fingerprint density at radius 3 is 2.36 bits per heavy atom. The fraction of sp³-hybridized carbons (Fsp3) is 0.966. The van der Waals surface area contributed by atoms with Gasteiger partial charge >= 0.3 is 0 Å². The zero-order valence-corrected chi connectivity index (χ0v) is 24.0. The first-order chi connectivity index (χ1) is 16.8. The van der Waals surface area contributed by atoms with Gasteiger partial charge in [-0.2, -0.15) is 0 Å². The molecular weight excluding hydrogens is 474 g/mol. The van der Waals surface area contributed by atoms with Crippen LogP contribution in [-0.4, -0.2) is 55.3 Å². The van der Waals surface area contributed by atoms with Crippen LogP contribution in [0, 0.1) is 52.3 Å². The number of hydrogen-bond acceptors (Lipinski definition) is 5. The molecule has 4 aliphatic carbocycles. The number of fused-ring (bicyclic) bond motifs is 5. The molecule has 4 aliphatic rings. The van der Waals surface area contributed by atoms with Gasteiger partial charge < -0.3 is 15.5 Å². The van der Waals surface area contributed by atoms with Crippen molar-refractivity contribution in [2.75, 3.05) is 18.6 Å². The van der Waals surface area contributed by atoms with E-state index in [2.05, 4.69) is 33.0 Å². The Bertz CT molecular complexity index is 907. The number of carbonyl (C=O) groups is 1. The van der Waals surface area contributed by atoms with E-state index in [1.165, 1.54) is 31.9 Å². The molecule has 4 rings (SSSR count). The van der Waals surface area contributed by atoms with E-state index < -0.39 is 9.84 Å². The van der Waals surface area contributed by atoms with Crippen LogP contribution >= 0.6 is 0 Å². The number of hydrogen-bond donors (Lipinski definition) is 3. The Hall–Kier alpha value is -0.660. The van der Waals surface area contributed by atoms with Crippen molar-refractivity contribution in [1.29, 1.82) is 0 Å². The Morgan fingerprint density at radius 1 is 1.03 bits per heavy atom. The summed E-state index contributed by atoms with van der Waals surface area (Å²) in [5, 5.41) is 25.1. The molecule has 0 aliphatic heterocycles. The molecular formula is C29H51NO5S. The lowest BCUT2D eigenvalue weighted by Crippen LogP contribution is -2.62. The maximum absolute atomic E-state index is 12.3. The number of rotatable bonds is 8. The molecule has 0 aromatic heterocycles. The lowest BCUT2D eigenvalue weighted by Gasteiger charge is -2.64. The molecule has 0 saturated heterocycles. The standard InChI is InChI=1S/C29H51NO5S/c1-6-20-24-17-19(31)11-13-29(24,4)23-12-14-28(3)21(8-9-22(28)26(23)27(20)33)18(2)7-10-25(32)30-15-16-36(5,34)35/h18-24,26-27,31,33H,6-17H2,1-5H3,(H,30,32)/t18-,19-,20-,21-,22?,23?,24?,26?,27?,28-,29-/m1/s1. The van der Waals surface area contributed by atoms with Gasteiger partial charge in [0, 0.05) is 19.2 Å². The summed E-state index contributed by atoms with van der Waals surface area (Å²) in [5.74, 6) is 3.03. The summed E-state index contributed by atoms with van der Waals surface area (Å²) in [6, 6.07) is 0. The Labute approximate surface area is 219 Å². The van der Waals surface area contributed by atoms with Gasteiger partial charge in [-0.3, -0.25) is 4.79 Å². The highest BCUT2D eigenvalue weighted by Crippen LogP contribution is 2.69. The van der Waals surface area contributed by atoms with E-state index in [1.807, 2.05) is 0 Å². The van der Waals surface area contributed by atoms with Crippen LogP contribution in [0.2, 0.25) is 0 Å². The van der Waals surface area contributed by atoms with E-state index in [9.17, 15) is 23.4 Å². The second kappa shape index (κ2) is 10.5. The van der Waals surface area contributed by atoms with Crippen molar-refractivity contribution < 1.29 is 23.4 Å². The summed E-state index contributed by atoms with van der Waals surface area (Å²) in [6.45, 7) is 9.65. The molecule has 6 nitrogen and oxygen atoms in total. The molecule has 0 heterocycles. The van der Waals surface area contributed by atoms with Gasteiger partial charge in [-0.15, -0.1) is 0 Å². The third-order valence-corrected chi connectivity index (χ3v) is 12.7. The van der Waals surface area contributed by atoms with Gasteiger partial charge in [0.2, 0.25) is 5.91 Å². The predicted octanol–water partition coefficient (Wildman–Crippen LogP) is 4.19. The van der Waals surface area contributed by atoms with E-state index in [-0.39, 0.29) is 47.2 Å². The molecule has 3 N–H and O–H groups in total. The molecule has 1 amide bonds. The maximum Gasteiger partial charge on any atom is 0.220 e. The minimum absolute atomic E-state index is 0.0148. The topological polar surface area (TPSA) is 104 Å². The van der Waals surface area contributed by atoms with E-state index in [0.29, 0.717) is 41.9 Å². The highest BCUT2D eigenvalue weighted by molar-refractivity contribution is 7.90. The van der Waals surface area contributed by atoms with Crippen molar-refractivity contribution in [3.63, 3.8) is 0 Å². The smallest absolute Gasteiger partial charge is 0.220 e. The molecule has 11 atom stereocenters. The van der Waals surface area contributed by atoms with Crippen molar-refractivity contribution in [1.82, 2.24) is 5.32 Å². The van der Waals surface area contributed by atoms with Gasteiger partial charge in [0.05, 0.1) is 18.0 Å². The molecule has 0 radical (unpaired) electrons. The molecule has 0 bridgehead atoms. The zero-order chi connectivity index (χ0) is 26.5. The van der Waals surface area contributed by atoms with Crippen molar-refractivity contribution in [3.05, 3.63) is 0 Å². The van der Waals surface area contributed by atoms with E-state index >= 15 is 0 Å². The predicted molar refractivity (Wildman–Crippen MR) is 143 cm³/mol. The average Bonchev–Trinajstić information content (AvgIpc) is 3.15. The summed E-state index contributed by atoms with van der Waals surface area (Å²) in [6.07, 6.45) is 10.5. The van der Waals surface area contributed by atoms with E-state index in [1.54, 1.807) is 0 Å². The highest BCUT2D eigenvalue weighted by atomic mass is 32.2. The van der Waals surface area contributed by atoms with Crippen molar-refractivity contribution in [3.8, 4) is 0 Å². The van der Waals surface area contributed by atoms with Gasteiger partial charge in [0.15, 0.2) is 0 Å². The van der Waals surface area contributed by atoms with Crippen LogP contribution in [0.3, 0.4) is 0 Å². The third kappa shape index (κ3) is 5.14. The lowest BCUT2D eigenvalue weighted by atomic mass is 9.41. The number of nitrogens with one attached hydrogen (secondary N) is 1. The lowest BCUT2D eigenvalue weighted by molar-refractivity contribution is -0.203. The van der Waals surface area contributed by atoms with Crippen molar-refractivity contribution >= 4 is 15.7 Å². The quantitative estimate of drug-likeness (QED) is 0.441. The molecule has 0 aromatic rings. The first-order valence-electron chi connectivity index (χ1n) is 14.6. The number of sulfone groups is 1. The monoisotopic (exact) mass is 525 g/mol. The number of aliphatic hydroxyl groups is 2. The third-order valence-electron chi connectivity index (χ3n) is 11.8. The highest BCUT2D eigenvalue weighted by Gasteiger charge is 2.64. The maximum atomic E-state index is 12.3. The Balaban J connectivity index is 1.44. The van der Waals surface area contributed by atoms with Crippen LogP contribution < -0.4 is 5.32 Å². The summed E-state index contributed by atoms with van der Waals surface area (Å²) in [7, 11) is -3.07. The summed E-state index contributed by atoms with van der Waals surface area (Å²) >= 11 is 0. The molecule has 36 heavy (non-hydrogen) atoms. The fourth-order valence-electron chi connectivity index (χ4n) is 9.96. The fourth-order valence-corrected chi connectivity index (χ4v) is 10.4. The minimum Gasteiger partial charge on any atom is -0.393 e. The first-order valence-corrected chi connectivity index (χ1v) is 16.7. The normalized spacial score (nSPS) is 45.3. The molecule has 7 heteroatoms. The van der Waals surface area contributed by atoms with Crippen LogP contribution in [0.1, 0.15) is 91.9 Å². The van der Waals surface area contributed by atoms with Crippen LogP contribution in [0.25, 0.3) is 0 Å². The van der Waals surface area contributed by atoms with Gasteiger partial charge in [-0.25, -0.2) is 8.42 Å². The van der Waals surface area contributed by atoms with Crippen LogP contribution in [0.15, 0.2) is 0 Å². The minimum atomic E-state index is -3.07. The summed E-state index contributed by atoms with van der Waals surface area (Å²) < 4.78 is 22.6. The number of aliphatic hydroxyl groups excluding tert-OH is 2. The van der Waals surface area contributed by atoms with Crippen molar-refractivity contribution in [2.45, 2.75) is 104 Å². The second-order valence-corrected chi connectivity index (χ2v) is 15.9. The molecule has 0 aromatic carbocycles. The summed E-state index contributed by atoms with van der Waals surface area (Å²) in [5.41, 5.74) is 0.420. The molecule has 5 unspecified atom stereocenters. The van der Waals surface area contributed by atoms with Gasteiger partial charge in [-0.1, -0.05) is 34.1 Å². The number of amides is 1. The first kappa shape index (κ1) is 28.4. The molecule has 4 saturated carbocycles. The van der Waals surface area contributed by atoms with Crippen LogP contribution in [-0.2, 0) is 14.6 Å². The van der Waals surface area contributed by atoms with E-state index in [4.69, 9.17) is 0 Å². The van der Waals surface area contributed by atoms with E-state index in [0.717, 1.165) is 32.1 Å². The van der Waals surface area contributed by atoms with Crippen molar-refractivity contribution in [2.24, 2.45) is 52.3 Å². The Kier molecular flexibility index (Phi) is 8.26. The van der Waals surface area contributed by atoms with Gasteiger partial charge in [0.25, 0.3) is 0 Å². The Morgan fingerprint density at radius 2 is 1.69 bits per heavy atom. The van der Waals surface area contributed by atoms with Gasteiger partial charge in [-0.05, 0) is 104 Å². The summed E-state index contributed by atoms with van der Waals surface area (Å²) in [4.78, 5) is 12.3. The zero-order valence-electron chi connectivity index (χ0n) is 23.2. The molecule has 4 fully saturated rings. The number of carbonyl (C=O) groups excluding carboxylic acids is 1. The van der Waals surface area contributed by atoms with Gasteiger partial charge in [0.1, 0.15) is 9.84 Å². The average molecular weight is 526 g/mol. The SMILES string of the molecule is CC[C@H]1C(O)C2C(CC[C@@]3(C)C2CC[C@@H]3[C@H](C)CCC(=O)NCCS(C)(=O)=O)[C@@]2(C)CC[C@@H](O)CC12. The second-order valence-electron chi connectivity index (χ2n) is 13.6. The largest absolute Gasteiger partial charge is 0.393 e. The van der Waals surface area contributed by atoms with Crippen LogP contribution in [0.4, 0.5) is 0 Å².